The molecule has 428 valence electrons. The predicted molar refractivity (Wildman–Crippen MR) is 298 cm³/mol. The molecule has 9 rings (SSSR count). The van der Waals surface area contributed by atoms with Crippen molar-refractivity contribution in [1.82, 2.24) is 38.5 Å². The molecule has 81 heavy (non-hydrogen) atoms. The summed E-state index contributed by atoms with van der Waals surface area (Å²) in [5.74, 6) is -8.00. The molecule has 0 aromatic carbocycles. The highest BCUT2D eigenvalue weighted by atomic mass is 32.1. The van der Waals surface area contributed by atoms with Gasteiger partial charge in [-0.2, -0.15) is 13.6 Å². The van der Waals surface area contributed by atoms with E-state index in [1.54, 1.807) is 64.9 Å². The minimum absolute atomic E-state index is 0.0103. The van der Waals surface area contributed by atoms with Gasteiger partial charge in [0.15, 0.2) is 5.78 Å². The third-order valence-corrected chi connectivity index (χ3v) is 17.8. The lowest BCUT2D eigenvalue weighted by Crippen LogP contribution is -2.70. The van der Waals surface area contributed by atoms with Gasteiger partial charge < -0.3 is 24.6 Å². The van der Waals surface area contributed by atoms with Crippen molar-refractivity contribution >= 4 is 92.9 Å². The van der Waals surface area contributed by atoms with Gasteiger partial charge in [-0.1, -0.05) is 39.2 Å². The second kappa shape index (κ2) is 26.5. The summed E-state index contributed by atoms with van der Waals surface area (Å²) >= 11 is 2.35. The number of pyridine rings is 2. The van der Waals surface area contributed by atoms with E-state index >= 15 is 0 Å². The number of thiazole rings is 2. The molecule has 3 aliphatic heterocycles. The number of carbonyl (C=O) groups is 8. The first kappa shape index (κ1) is 61.3. The summed E-state index contributed by atoms with van der Waals surface area (Å²) in [6.45, 7) is 22.8. The van der Waals surface area contributed by atoms with Crippen molar-refractivity contribution in [3.05, 3.63) is 137 Å². The first-order valence-corrected chi connectivity index (χ1v) is 29.4. The van der Waals surface area contributed by atoms with Gasteiger partial charge in [-0.15, -0.1) is 22.7 Å². The summed E-state index contributed by atoms with van der Waals surface area (Å²) in [6.07, 6.45) is 13.0. The SMILES string of the molecule is C=CCOC(=O)C(=O)N1C(=O)[C@H]([C@@H](C)O)[C@H]1[C@@H](C)C(=O)c1cn2cnc(C(=O)c3cccnc3)c2s1.C=CCOC(=O)C1=C(c2cn3cnc(C(=O)c4cccnc4)c3s2)[C@H](C)[C@@H]2[C@@H]([C@@H](C)O)C(=O)N12.CCO[P+](C)(OCC)OCC. The molecule has 0 saturated carbocycles. The van der Waals surface area contributed by atoms with Crippen LogP contribution in [0.15, 0.2) is 105 Å². The van der Waals surface area contributed by atoms with Crippen LogP contribution in [0.5, 0.6) is 0 Å². The van der Waals surface area contributed by atoms with Gasteiger partial charge in [0, 0.05) is 65.7 Å². The van der Waals surface area contributed by atoms with Gasteiger partial charge in [-0.25, -0.2) is 19.6 Å². The fourth-order valence-electron chi connectivity index (χ4n) is 9.79. The molecule has 9 heterocycles. The number of aliphatic hydroxyl groups excluding tert-OH is 2. The molecule has 8 atom stereocenters. The number of ketones is 3. The molecule has 0 bridgehead atoms. The number of aliphatic hydroxyl groups is 2. The van der Waals surface area contributed by atoms with Crippen LogP contribution in [0.25, 0.3) is 15.2 Å². The van der Waals surface area contributed by atoms with E-state index in [0.29, 0.717) is 51.1 Å². The Bertz CT molecular complexity index is 3370. The first-order chi connectivity index (χ1) is 38.7. The Kier molecular flexibility index (Phi) is 20.0. The van der Waals surface area contributed by atoms with Crippen LogP contribution in [-0.4, -0.2) is 160 Å². The number of amides is 3. The van der Waals surface area contributed by atoms with E-state index < -0.39 is 73.5 Å². The minimum Gasteiger partial charge on any atom is -0.457 e. The number of esters is 2. The van der Waals surface area contributed by atoms with Crippen molar-refractivity contribution < 1.29 is 71.6 Å². The molecular formula is C55H62N8O15PS2+. The van der Waals surface area contributed by atoms with Crippen LogP contribution in [0, 0.1) is 23.7 Å². The van der Waals surface area contributed by atoms with E-state index in [-0.39, 0.29) is 64.6 Å². The largest absolute Gasteiger partial charge is 0.457 e. The summed E-state index contributed by atoms with van der Waals surface area (Å²) in [5.41, 5.74) is 2.05. The highest BCUT2D eigenvalue weighted by Crippen LogP contribution is 2.58. The van der Waals surface area contributed by atoms with Crippen molar-refractivity contribution in [2.24, 2.45) is 23.7 Å². The first-order valence-electron chi connectivity index (χ1n) is 25.7. The molecule has 6 aromatic rings. The maximum atomic E-state index is 13.4. The summed E-state index contributed by atoms with van der Waals surface area (Å²) in [5, 5.41) is 20.3. The van der Waals surface area contributed by atoms with Crippen LogP contribution in [0.1, 0.15) is 95.1 Å². The van der Waals surface area contributed by atoms with Crippen molar-refractivity contribution in [3.8, 4) is 0 Å². The zero-order valence-corrected chi connectivity index (χ0v) is 48.2. The molecule has 0 radical (unpaired) electrons. The second-order valence-electron chi connectivity index (χ2n) is 18.7. The number of likely N-dealkylation sites (tertiary alicyclic amines) is 1. The van der Waals surface area contributed by atoms with E-state index in [1.807, 2.05) is 34.4 Å². The lowest BCUT2D eigenvalue weighted by Gasteiger charge is -2.48. The van der Waals surface area contributed by atoms with E-state index in [4.69, 9.17) is 23.0 Å². The number of hydrogen-bond acceptors (Lipinski definition) is 21. The molecule has 0 aliphatic carbocycles. The number of carbonyl (C=O) groups excluding carboxylic acids is 8. The third kappa shape index (κ3) is 12.5. The molecule has 2 fully saturated rings. The Labute approximate surface area is 474 Å². The molecule has 3 aliphatic rings. The minimum atomic E-state index is -1.97. The molecule has 0 spiro atoms. The number of fused-ring (bicyclic) bond motifs is 3. The Morgan fingerprint density at radius 2 is 1.27 bits per heavy atom. The summed E-state index contributed by atoms with van der Waals surface area (Å²) in [6, 6.07) is 5.21. The zero-order valence-electron chi connectivity index (χ0n) is 45.7. The van der Waals surface area contributed by atoms with Crippen LogP contribution in [0.4, 0.5) is 0 Å². The van der Waals surface area contributed by atoms with Crippen molar-refractivity contribution in [3.63, 3.8) is 0 Å². The normalized spacial score (nSPS) is 19.5. The lowest BCUT2D eigenvalue weighted by molar-refractivity contribution is -0.181. The van der Waals surface area contributed by atoms with Crippen molar-refractivity contribution in [2.75, 3.05) is 39.7 Å². The molecule has 26 heteroatoms. The maximum Gasteiger partial charge on any atom is 0.408 e. The molecule has 2 N–H and O–H groups in total. The smallest absolute Gasteiger partial charge is 0.408 e. The monoisotopic (exact) mass is 1170 g/mol. The molecule has 23 nitrogen and oxygen atoms in total. The van der Waals surface area contributed by atoms with Crippen LogP contribution in [-0.2, 0) is 47.0 Å². The fourth-order valence-corrected chi connectivity index (χ4v) is 13.7. The number of aromatic nitrogens is 6. The number of imide groups is 1. The summed E-state index contributed by atoms with van der Waals surface area (Å²) in [7, 11) is -1.97. The van der Waals surface area contributed by atoms with Gasteiger partial charge in [0.05, 0.1) is 65.7 Å². The van der Waals surface area contributed by atoms with Gasteiger partial charge in [0.2, 0.25) is 23.4 Å². The van der Waals surface area contributed by atoms with Crippen LogP contribution >= 0.6 is 30.6 Å². The van der Waals surface area contributed by atoms with E-state index in [2.05, 4.69) is 33.1 Å². The Morgan fingerprint density at radius 1 is 0.753 bits per heavy atom. The number of hydrogen-bond donors (Lipinski definition) is 2. The van der Waals surface area contributed by atoms with Crippen LogP contribution < -0.4 is 0 Å². The maximum absolute atomic E-state index is 13.4. The highest BCUT2D eigenvalue weighted by Gasteiger charge is 2.61. The fraction of sp³-hybridized carbons (Fsp3) is 0.382. The zero-order chi connectivity index (χ0) is 59.0. The molecule has 0 unspecified atom stereocenters. The predicted octanol–water partition coefficient (Wildman–Crippen LogP) is 6.11. The van der Waals surface area contributed by atoms with E-state index in [1.165, 1.54) is 67.2 Å². The second-order valence-corrected chi connectivity index (χ2v) is 23.1. The summed E-state index contributed by atoms with van der Waals surface area (Å²) in [4.78, 5) is 123. The van der Waals surface area contributed by atoms with Gasteiger partial charge in [0.1, 0.15) is 59.3 Å². The van der Waals surface area contributed by atoms with Crippen LogP contribution in [0.2, 0.25) is 0 Å². The van der Waals surface area contributed by atoms with Crippen LogP contribution in [0.3, 0.4) is 0 Å². The average Bonchev–Trinajstić information content (AvgIpc) is 4.12. The lowest BCUT2D eigenvalue weighted by atomic mass is 9.75. The number of rotatable bonds is 21. The van der Waals surface area contributed by atoms with E-state index in [9.17, 15) is 48.6 Å². The van der Waals surface area contributed by atoms with Gasteiger partial charge >= 0.3 is 25.8 Å². The molecule has 3 amide bonds. The van der Waals surface area contributed by atoms with Crippen molar-refractivity contribution in [1.29, 1.82) is 0 Å². The third-order valence-electron chi connectivity index (χ3n) is 13.4. The van der Waals surface area contributed by atoms with E-state index in [0.717, 1.165) is 16.2 Å². The molecule has 6 aromatic heterocycles. The average molecular weight is 1170 g/mol. The topological polar surface area (TPSA) is 290 Å². The molecule has 2 saturated heterocycles. The Hall–Kier alpha value is -7.35. The Balaban J connectivity index is 0.000000198. The number of imidazole rings is 2. The van der Waals surface area contributed by atoms with Gasteiger partial charge in [0.25, 0.3) is 0 Å². The van der Waals surface area contributed by atoms with Gasteiger partial charge in [-0.3, -0.25) is 52.4 Å². The number of Topliss-reactive ketones (excluding diaryl/α,β-unsaturated/α-hetero) is 1. The number of ether oxygens (including phenoxy) is 2. The summed E-state index contributed by atoms with van der Waals surface area (Å²) < 4.78 is 29.4. The highest BCUT2D eigenvalue weighted by molar-refractivity contribution is 7.60. The van der Waals surface area contributed by atoms with Crippen molar-refractivity contribution in [2.45, 2.75) is 72.8 Å². The number of β-lactam (4-membered cyclic amide) rings is 2. The Morgan fingerprint density at radius 3 is 1.77 bits per heavy atom. The van der Waals surface area contributed by atoms with Gasteiger partial charge in [-0.05, 0) is 58.9 Å². The quantitative estimate of drug-likeness (QED) is 0.0205. The number of nitrogens with zero attached hydrogens (tertiary/aromatic N) is 8. The molecular weight excluding hydrogens is 1110 g/mol. The standard InChI is InChI=1S/C24H22N4O7S.C24H22N4O5S.C7H18O3P/c1-4-8-35-24(34)22(33)28-18(16(13(3)29)21(28)32)12(2)19(30)15-10-27-11-26-17(23(27)36-15)20(31)14-6-5-7-25-9-14;1-4-8-33-24(32)20-16(12(2)19-17(13(3)29)22(31)28(19)20)15-10-27-11-26-18(23(27)34-15)21(30)14-6-5-7-25-9-14;1-5-8-11(4,9-6-2)10-7-3/h4-7,9-13,16,18,29H,1,8H2,2-3H3;4-7,9-13,17,19,29H,1,8H2,2-3H3;5-7H2,1-4H3/q;;+1/t12-,13-,16-,18-;12-,13+,17+,19+;/m10./s1.